The lowest BCUT2D eigenvalue weighted by Crippen LogP contribution is -2.19. The van der Waals surface area contributed by atoms with E-state index in [-0.39, 0.29) is 5.92 Å². The Morgan fingerprint density at radius 3 is 2.77 bits per heavy atom. The molecule has 0 aromatic heterocycles. The lowest BCUT2D eigenvalue weighted by atomic mass is 10.1. The van der Waals surface area contributed by atoms with E-state index < -0.39 is 9.05 Å². The zero-order valence-corrected chi connectivity index (χ0v) is 9.03. The Morgan fingerprint density at radius 2 is 2.31 bits per heavy atom. The molecule has 3 nitrogen and oxygen atoms in total. The highest BCUT2D eigenvalue weighted by Crippen LogP contribution is 2.14. The van der Waals surface area contributed by atoms with E-state index in [2.05, 4.69) is 23.0 Å². The molecule has 1 fully saturated rings. The van der Waals surface area contributed by atoms with Crippen LogP contribution in [-0.4, -0.2) is 33.0 Å². The summed E-state index contributed by atoms with van der Waals surface area (Å²) in [6.45, 7) is 4.92. The summed E-state index contributed by atoms with van der Waals surface area (Å²) < 4.78 is 21.0. The quantitative estimate of drug-likeness (QED) is 0.487. The zero-order valence-electron chi connectivity index (χ0n) is 7.46. The largest absolute Gasteiger partial charge is 0.302 e. The molecule has 1 unspecified atom stereocenters. The topological polar surface area (TPSA) is 37.4 Å². The van der Waals surface area contributed by atoms with Gasteiger partial charge in [0.1, 0.15) is 0 Å². The Labute approximate surface area is 83.5 Å². The molecule has 74 valence electrons. The molecule has 0 spiro atoms. The standard InChI is InChI=1S/C8H12ClNO2S/c1-2-10-5-3-8(7-10)4-6-13(9,11)12/h8H,2-3,5,7H2,1H3. The van der Waals surface area contributed by atoms with Crippen molar-refractivity contribution in [2.75, 3.05) is 19.6 Å². The first-order valence-corrected chi connectivity index (χ1v) is 6.51. The summed E-state index contributed by atoms with van der Waals surface area (Å²) in [5.74, 6) is 2.83. The van der Waals surface area contributed by atoms with Gasteiger partial charge in [0, 0.05) is 28.4 Å². The second-order valence-electron chi connectivity index (χ2n) is 3.06. The van der Waals surface area contributed by atoms with Gasteiger partial charge in [0.25, 0.3) is 0 Å². The summed E-state index contributed by atoms with van der Waals surface area (Å²) in [5.41, 5.74) is 0. The van der Waals surface area contributed by atoms with Gasteiger partial charge >= 0.3 is 9.05 Å². The molecule has 1 saturated heterocycles. The second kappa shape index (κ2) is 4.32. The van der Waals surface area contributed by atoms with E-state index in [1.54, 1.807) is 0 Å². The number of hydrogen-bond acceptors (Lipinski definition) is 3. The molecule has 1 aliphatic rings. The van der Waals surface area contributed by atoms with Crippen LogP contribution in [0.15, 0.2) is 0 Å². The summed E-state index contributed by atoms with van der Waals surface area (Å²) >= 11 is 0. The van der Waals surface area contributed by atoms with Gasteiger partial charge in [0.05, 0.1) is 0 Å². The van der Waals surface area contributed by atoms with Crippen LogP contribution in [0, 0.1) is 17.1 Å². The maximum Gasteiger partial charge on any atom is 0.300 e. The minimum atomic E-state index is -3.64. The van der Waals surface area contributed by atoms with Crippen LogP contribution in [0.25, 0.3) is 0 Å². The van der Waals surface area contributed by atoms with Crippen LogP contribution >= 0.6 is 10.7 Å². The monoisotopic (exact) mass is 221 g/mol. The highest BCUT2D eigenvalue weighted by Gasteiger charge is 2.19. The lowest BCUT2D eigenvalue weighted by Gasteiger charge is -2.09. The van der Waals surface area contributed by atoms with Crippen LogP contribution in [0.5, 0.6) is 0 Å². The Kier molecular flexibility index (Phi) is 3.60. The maximum absolute atomic E-state index is 10.5. The summed E-state index contributed by atoms with van der Waals surface area (Å²) in [7, 11) is 1.32. The molecule has 0 amide bonds. The molecule has 0 aliphatic carbocycles. The molecule has 0 bridgehead atoms. The molecule has 0 aromatic rings. The Balaban J connectivity index is 2.52. The molecule has 0 saturated carbocycles. The van der Waals surface area contributed by atoms with Crippen LogP contribution in [-0.2, 0) is 9.05 Å². The molecule has 13 heavy (non-hydrogen) atoms. The van der Waals surface area contributed by atoms with E-state index in [0.717, 1.165) is 26.1 Å². The van der Waals surface area contributed by atoms with Gasteiger partial charge in [0.2, 0.25) is 0 Å². The van der Waals surface area contributed by atoms with Crippen molar-refractivity contribution < 1.29 is 8.42 Å². The molecule has 1 aliphatic heterocycles. The lowest BCUT2D eigenvalue weighted by molar-refractivity contribution is 0.352. The number of hydrogen-bond donors (Lipinski definition) is 0. The Morgan fingerprint density at radius 1 is 1.62 bits per heavy atom. The van der Waals surface area contributed by atoms with E-state index in [0.29, 0.717) is 0 Å². The molecule has 0 aromatic carbocycles. The Bertz CT molecular complexity index is 328. The van der Waals surface area contributed by atoms with E-state index in [4.69, 9.17) is 10.7 Å². The van der Waals surface area contributed by atoms with Crippen molar-refractivity contribution in [1.29, 1.82) is 0 Å². The minimum absolute atomic E-state index is 0.161. The summed E-state index contributed by atoms with van der Waals surface area (Å²) in [4.78, 5) is 2.24. The molecule has 1 heterocycles. The average molecular weight is 222 g/mol. The number of rotatable bonds is 1. The first-order valence-electron chi connectivity index (χ1n) is 4.20. The molecule has 5 heteroatoms. The Hall–Kier alpha value is -0.240. The van der Waals surface area contributed by atoms with Crippen molar-refractivity contribution in [3.8, 4) is 11.2 Å². The van der Waals surface area contributed by atoms with Crippen LogP contribution in [0.2, 0.25) is 0 Å². The molecule has 1 rings (SSSR count). The third-order valence-electron chi connectivity index (χ3n) is 2.10. The van der Waals surface area contributed by atoms with Gasteiger partial charge in [0.15, 0.2) is 0 Å². The predicted molar refractivity (Wildman–Crippen MR) is 52.8 cm³/mol. The van der Waals surface area contributed by atoms with Gasteiger partial charge in [-0.1, -0.05) is 12.8 Å². The SMILES string of the molecule is CCN1CCC(C#CS(=O)(=O)Cl)C1. The summed E-state index contributed by atoms with van der Waals surface area (Å²) in [6, 6.07) is 0. The van der Waals surface area contributed by atoms with Crippen molar-refractivity contribution in [1.82, 2.24) is 4.90 Å². The van der Waals surface area contributed by atoms with E-state index in [9.17, 15) is 8.42 Å². The van der Waals surface area contributed by atoms with Crippen molar-refractivity contribution >= 4 is 19.7 Å². The minimum Gasteiger partial charge on any atom is -0.302 e. The van der Waals surface area contributed by atoms with Gasteiger partial charge in [-0.05, 0) is 19.5 Å². The summed E-state index contributed by atoms with van der Waals surface area (Å²) in [6.07, 6.45) is 0.938. The van der Waals surface area contributed by atoms with Gasteiger partial charge < -0.3 is 4.90 Å². The van der Waals surface area contributed by atoms with Gasteiger partial charge in [-0.3, -0.25) is 0 Å². The average Bonchev–Trinajstić information content (AvgIpc) is 2.47. The predicted octanol–water partition coefficient (Wildman–Crippen LogP) is 0.858. The maximum atomic E-state index is 10.5. The smallest absolute Gasteiger partial charge is 0.300 e. The fourth-order valence-corrected chi connectivity index (χ4v) is 1.83. The molecular formula is C8H12ClNO2S. The molecule has 0 radical (unpaired) electrons. The van der Waals surface area contributed by atoms with Crippen molar-refractivity contribution in [3.63, 3.8) is 0 Å². The number of nitrogens with zero attached hydrogens (tertiary/aromatic N) is 1. The molecule has 1 atom stereocenters. The highest BCUT2D eigenvalue weighted by molar-refractivity contribution is 8.17. The van der Waals surface area contributed by atoms with E-state index in [1.807, 2.05) is 0 Å². The van der Waals surface area contributed by atoms with Gasteiger partial charge in [-0.15, -0.1) is 0 Å². The van der Waals surface area contributed by atoms with Crippen molar-refractivity contribution in [3.05, 3.63) is 0 Å². The molecular weight excluding hydrogens is 210 g/mol. The highest BCUT2D eigenvalue weighted by atomic mass is 35.7. The van der Waals surface area contributed by atoms with Crippen LogP contribution in [0.3, 0.4) is 0 Å². The number of halogens is 1. The molecule has 0 N–H and O–H groups in total. The third kappa shape index (κ3) is 3.99. The van der Waals surface area contributed by atoms with Crippen LogP contribution in [0.1, 0.15) is 13.3 Å². The summed E-state index contributed by atoms with van der Waals surface area (Å²) in [5, 5.41) is 2.07. The van der Waals surface area contributed by atoms with E-state index >= 15 is 0 Å². The first kappa shape index (κ1) is 10.8. The van der Waals surface area contributed by atoms with Crippen molar-refractivity contribution in [2.45, 2.75) is 13.3 Å². The fraction of sp³-hybridized carbons (Fsp3) is 0.750. The van der Waals surface area contributed by atoms with Crippen molar-refractivity contribution in [2.24, 2.45) is 5.92 Å². The van der Waals surface area contributed by atoms with Gasteiger partial charge in [-0.2, -0.15) is 8.42 Å². The zero-order chi connectivity index (χ0) is 9.90. The second-order valence-corrected chi connectivity index (χ2v) is 5.36. The van der Waals surface area contributed by atoms with Crippen LogP contribution < -0.4 is 0 Å². The first-order chi connectivity index (χ1) is 6.01. The van der Waals surface area contributed by atoms with E-state index in [1.165, 1.54) is 0 Å². The third-order valence-corrected chi connectivity index (χ3v) is 2.70. The number of likely N-dealkylation sites (tertiary alicyclic amines) is 1. The van der Waals surface area contributed by atoms with Gasteiger partial charge in [-0.25, -0.2) is 0 Å². The van der Waals surface area contributed by atoms with Crippen LogP contribution in [0.4, 0.5) is 0 Å². The fourth-order valence-electron chi connectivity index (χ4n) is 1.39. The normalized spacial score (nSPS) is 24.0.